The molecule has 0 spiro atoms. The highest BCUT2D eigenvalue weighted by molar-refractivity contribution is 7.89. The third kappa shape index (κ3) is 5.11. The van der Waals surface area contributed by atoms with Crippen molar-refractivity contribution in [2.24, 2.45) is 0 Å². The molecule has 0 bridgehead atoms. The molecule has 0 aliphatic carbocycles. The molecule has 2 N–H and O–H groups in total. The summed E-state index contributed by atoms with van der Waals surface area (Å²) in [6.07, 6.45) is 0.671. The molecule has 0 aliphatic rings. The molecule has 1 atom stereocenters. The highest BCUT2D eigenvalue weighted by Gasteiger charge is 2.21. The Labute approximate surface area is 125 Å². The lowest BCUT2D eigenvalue weighted by atomic mass is 10.1. The van der Waals surface area contributed by atoms with Gasteiger partial charge in [0, 0.05) is 6.04 Å². The highest BCUT2D eigenvalue weighted by atomic mass is 32.2. The lowest BCUT2D eigenvalue weighted by Crippen LogP contribution is -2.35. The number of sulfonamides is 1. The predicted octanol–water partition coefficient (Wildman–Crippen LogP) is 1.31. The summed E-state index contributed by atoms with van der Waals surface area (Å²) < 4.78 is 27.3. The number of hydrogen-bond acceptors (Lipinski definition) is 4. The minimum Gasteiger partial charge on any atom is -0.478 e. The Kier molecular flexibility index (Phi) is 5.88. The van der Waals surface area contributed by atoms with Gasteiger partial charge in [-0.2, -0.15) is 0 Å². The van der Waals surface area contributed by atoms with E-state index in [-0.39, 0.29) is 16.5 Å². The molecule has 0 amide bonds. The van der Waals surface area contributed by atoms with Crippen molar-refractivity contribution in [1.82, 2.24) is 9.62 Å². The maximum absolute atomic E-state index is 12.4. The molecule has 1 aromatic rings. The number of nitrogens with zero attached hydrogens (tertiary/aromatic N) is 1. The van der Waals surface area contributed by atoms with Gasteiger partial charge in [0.2, 0.25) is 10.0 Å². The molecule has 7 heteroatoms. The number of aromatic carboxylic acids is 1. The molecule has 0 fully saturated rings. The smallest absolute Gasteiger partial charge is 0.335 e. The van der Waals surface area contributed by atoms with E-state index in [1.54, 1.807) is 13.8 Å². The first-order valence-corrected chi connectivity index (χ1v) is 8.13. The van der Waals surface area contributed by atoms with Crippen LogP contribution in [0.2, 0.25) is 0 Å². The SMILES string of the molecule is Cc1ccc(C(=O)O)cc1S(=O)(=O)NC(C)CCN(C)C. The number of carboxylic acids is 1. The van der Waals surface area contributed by atoms with Crippen LogP contribution >= 0.6 is 0 Å². The van der Waals surface area contributed by atoms with Crippen molar-refractivity contribution in [3.63, 3.8) is 0 Å². The molecule has 0 saturated heterocycles. The van der Waals surface area contributed by atoms with E-state index in [0.717, 1.165) is 6.54 Å². The molecule has 0 aliphatic heterocycles. The van der Waals surface area contributed by atoms with Gasteiger partial charge in [-0.15, -0.1) is 0 Å². The van der Waals surface area contributed by atoms with E-state index in [1.165, 1.54) is 18.2 Å². The van der Waals surface area contributed by atoms with E-state index in [4.69, 9.17) is 5.11 Å². The van der Waals surface area contributed by atoms with Gasteiger partial charge in [-0.3, -0.25) is 0 Å². The molecule has 0 aromatic heterocycles. The minimum atomic E-state index is -3.73. The monoisotopic (exact) mass is 314 g/mol. The second-order valence-corrected chi connectivity index (χ2v) is 7.08. The fraction of sp³-hybridized carbons (Fsp3) is 0.500. The topological polar surface area (TPSA) is 86.7 Å². The third-order valence-electron chi connectivity index (χ3n) is 3.09. The van der Waals surface area contributed by atoms with Crippen LogP contribution in [-0.4, -0.2) is 51.1 Å². The van der Waals surface area contributed by atoms with Crippen molar-refractivity contribution in [3.05, 3.63) is 29.3 Å². The molecule has 6 nitrogen and oxygen atoms in total. The first-order chi connectivity index (χ1) is 9.63. The Balaban J connectivity index is 2.97. The maximum Gasteiger partial charge on any atom is 0.335 e. The van der Waals surface area contributed by atoms with Crippen LogP contribution < -0.4 is 4.72 Å². The summed E-state index contributed by atoms with van der Waals surface area (Å²) in [7, 11) is 0.111. The second-order valence-electron chi connectivity index (χ2n) is 5.40. The first-order valence-electron chi connectivity index (χ1n) is 6.64. The van der Waals surface area contributed by atoms with Crippen LogP contribution in [0.4, 0.5) is 0 Å². The zero-order valence-electron chi connectivity index (χ0n) is 12.8. The number of carbonyl (C=O) groups is 1. The van der Waals surface area contributed by atoms with Gasteiger partial charge >= 0.3 is 5.97 Å². The molecular weight excluding hydrogens is 292 g/mol. The van der Waals surface area contributed by atoms with E-state index in [0.29, 0.717) is 12.0 Å². The Bertz CT molecular complexity index is 611. The van der Waals surface area contributed by atoms with Gasteiger partial charge in [0.1, 0.15) is 0 Å². The minimum absolute atomic E-state index is 0.0131. The highest BCUT2D eigenvalue weighted by Crippen LogP contribution is 2.18. The van der Waals surface area contributed by atoms with Crippen LogP contribution in [0.25, 0.3) is 0 Å². The summed E-state index contributed by atoms with van der Waals surface area (Å²) in [6.45, 7) is 4.19. The zero-order chi connectivity index (χ0) is 16.2. The third-order valence-corrected chi connectivity index (χ3v) is 4.82. The normalized spacial score (nSPS) is 13.4. The van der Waals surface area contributed by atoms with Gasteiger partial charge in [-0.05, 0) is 58.6 Å². The fourth-order valence-corrected chi connectivity index (χ4v) is 3.41. The summed E-state index contributed by atoms with van der Waals surface area (Å²) in [5.41, 5.74) is 0.481. The molecule has 21 heavy (non-hydrogen) atoms. The van der Waals surface area contributed by atoms with Gasteiger partial charge in [-0.1, -0.05) is 6.07 Å². The molecule has 118 valence electrons. The Morgan fingerprint density at radius 3 is 2.52 bits per heavy atom. The first kappa shape index (κ1) is 17.6. The van der Waals surface area contributed by atoms with Gasteiger partial charge in [0.15, 0.2) is 0 Å². The van der Waals surface area contributed by atoms with Crippen LogP contribution in [0, 0.1) is 6.92 Å². The van der Waals surface area contributed by atoms with Crippen LogP contribution in [0.5, 0.6) is 0 Å². The summed E-state index contributed by atoms with van der Waals surface area (Å²) >= 11 is 0. The van der Waals surface area contributed by atoms with Crippen molar-refractivity contribution in [2.75, 3.05) is 20.6 Å². The van der Waals surface area contributed by atoms with Crippen LogP contribution in [0.15, 0.2) is 23.1 Å². The number of benzene rings is 1. The molecule has 0 heterocycles. The molecular formula is C14H22N2O4S. The molecule has 1 unspecified atom stereocenters. The molecule has 0 radical (unpaired) electrons. The lowest BCUT2D eigenvalue weighted by molar-refractivity contribution is 0.0696. The quantitative estimate of drug-likeness (QED) is 0.792. The van der Waals surface area contributed by atoms with Gasteiger partial charge in [-0.25, -0.2) is 17.9 Å². The fourth-order valence-electron chi connectivity index (χ4n) is 1.86. The van der Waals surface area contributed by atoms with E-state index in [2.05, 4.69) is 4.72 Å². The number of aryl methyl sites for hydroxylation is 1. The summed E-state index contributed by atoms with van der Waals surface area (Å²) in [5.74, 6) is -1.15. The zero-order valence-corrected chi connectivity index (χ0v) is 13.6. The Morgan fingerprint density at radius 1 is 1.38 bits per heavy atom. The maximum atomic E-state index is 12.4. The number of carboxylic acid groups (broad SMARTS) is 1. The predicted molar refractivity (Wildman–Crippen MR) is 81.1 cm³/mol. The van der Waals surface area contributed by atoms with E-state index in [9.17, 15) is 13.2 Å². The average molecular weight is 314 g/mol. The summed E-state index contributed by atoms with van der Waals surface area (Å²) in [5, 5.41) is 8.97. The van der Waals surface area contributed by atoms with Crippen molar-refractivity contribution < 1.29 is 18.3 Å². The van der Waals surface area contributed by atoms with E-state index < -0.39 is 16.0 Å². The molecule has 0 saturated carbocycles. The Morgan fingerprint density at radius 2 is 2.00 bits per heavy atom. The van der Waals surface area contributed by atoms with Crippen LogP contribution in [0.3, 0.4) is 0 Å². The van der Waals surface area contributed by atoms with Crippen LogP contribution in [0.1, 0.15) is 29.3 Å². The average Bonchev–Trinajstić information content (AvgIpc) is 2.35. The van der Waals surface area contributed by atoms with E-state index in [1.807, 2.05) is 19.0 Å². The van der Waals surface area contributed by atoms with Gasteiger partial charge in [0.25, 0.3) is 0 Å². The van der Waals surface area contributed by atoms with Crippen molar-refractivity contribution in [3.8, 4) is 0 Å². The van der Waals surface area contributed by atoms with Crippen molar-refractivity contribution in [2.45, 2.75) is 31.2 Å². The summed E-state index contributed by atoms with van der Waals surface area (Å²) in [6, 6.07) is 3.86. The Hall–Kier alpha value is -1.44. The second kappa shape index (κ2) is 7.02. The number of hydrogen-bond donors (Lipinski definition) is 2. The van der Waals surface area contributed by atoms with Gasteiger partial charge < -0.3 is 10.0 Å². The van der Waals surface area contributed by atoms with Crippen LogP contribution in [-0.2, 0) is 10.0 Å². The standard InChI is InChI=1S/C14H22N2O4S/c1-10-5-6-12(14(17)18)9-13(10)21(19,20)15-11(2)7-8-16(3)4/h5-6,9,11,15H,7-8H2,1-4H3,(H,17,18). The van der Waals surface area contributed by atoms with Crippen molar-refractivity contribution in [1.29, 1.82) is 0 Å². The largest absolute Gasteiger partial charge is 0.478 e. The number of rotatable bonds is 7. The van der Waals surface area contributed by atoms with Gasteiger partial charge in [0.05, 0.1) is 10.5 Å². The number of nitrogens with one attached hydrogen (secondary N) is 1. The lowest BCUT2D eigenvalue weighted by Gasteiger charge is -2.17. The molecule has 1 aromatic carbocycles. The van der Waals surface area contributed by atoms with Crippen molar-refractivity contribution >= 4 is 16.0 Å². The summed E-state index contributed by atoms with van der Waals surface area (Å²) in [4.78, 5) is 13.0. The molecule has 1 rings (SSSR count). The van der Waals surface area contributed by atoms with E-state index >= 15 is 0 Å².